The van der Waals surface area contributed by atoms with E-state index in [0.717, 1.165) is 48.2 Å². The van der Waals surface area contributed by atoms with Gasteiger partial charge in [-0.2, -0.15) is 0 Å². The Morgan fingerprint density at radius 1 is 1.16 bits per heavy atom. The third-order valence-corrected chi connectivity index (χ3v) is 5.03. The number of carbonyl (C=O) groups is 1. The van der Waals surface area contributed by atoms with Crippen LogP contribution >= 0.6 is 0 Å². The summed E-state index contributed by atoms with van der Waals surface area (Å²) in [4.78, 5) is 14.8. The van der Waals surface area contributed by atoms with Crippen LogP contribution in [0.4, 0.5) is 5.69 Å². The molecule has 0 unspecified atom stereocenters. The van der Waals surface area contributed by atoms with E-state index < -0.39 is 0 Å². The molecule has 1 aliphatic carbocycles. The van der Waals surface area contributed by atoms with Crippen molar-refractivity contribution < 1.29 is 9.53 Å². The van der Waals surface area contributed by atoms with Crippen molar-refractivity contribution in [1.29, 1.82) is 0 Å². The van der Waals surface area contributed by atoms with Crippen LogP contribution in [0.15, 0.2) is 42.5 Å². The number of rotatable bonds is 3. The third kappa shape index (κ3) is 2.89. The summed E-state index contributed by atoms with van der Waals surface area (Å²) in [5.74, 6) is 4.63. The van der Waals surface area contributed by atoms with E-state index >= 15 is 0 Å². The highest BCUT2D eigenvalue weighted by Crippen LogP contribution is 2.43. The van der Waals surface area contributed by atoms with Crippen LogP contribution in [0.5, 0.6) is 11.5 Å². The van der Waals surface area contributed by atoms with Gasteiger partial charge in [0.15, 0.2) is 0 Å². The molecule has 0 N–H and O–H groups in total. The molecule has 0 radical (unpaired) electrons. The number of anilines is 1. The summed E-state index contributed by atoms with van der Waals surface area (Å²) in [6.45, 7) is 2.12. The number of carbonyl (C=O) groups excluding carboxylic acids is 1. The molecule has 126 valence electrons. The summed E-state index contributed by atoms with van der Waals surface area (Å²) in [5.41, 5.74) is 2.74. The van der Waals surface area contributed by atoms with Gasteiger partial charge in [0.1, 0.15) is 11.5 Å². The summed E-state index contributed by atoms with van der Waals surface area (Å²) in [5, 5.41) is 0. The lowest BCUT2D eigenvalue weighted by molar-refractivity contribution is -0.120. The molecule has 1 atom stereocenters. The first-order valence-electron chi connectivity index (χ1n) is 8.87. The van der Waals surface area contributed by atoms with Crippen molar-refractivity contribution in [2.45, 2.75) is 38.6 Å². The number of ether oxygens (including phenoxy) is 1. The molecule has 2 aromatic carbocycles. The molecule has 2 aliphatic rings. The van der Waals surface area contributed by atoms with Gasteiger partial charge in [-0.1, -0.05) is 24.1 Å². The minimum atomic E-state index is 0.194. The average Bonchev–Trinajstić information content (AvgIpc) is 3.47. The fourth-order valence-corrected chi connectivity index (χ4v) is 3.50. The summed E-state index contributed by atoms with van der Waals surface area (Å²) in [6, 6.07) is 13.7. The van der Waals surface area contributed by atoms with Gasteiger partial charge in [-0.05, 0) is 56.9 Å². The summed E-state index contributed by atoms with van der Waals surface area (Å²) in [7, 11) is 0. The number of hydrogen-bond donors (Lipinski definition) is 0. The number of para-hydroxylation sites is 1. The number of benzene rings is 2. The molecule has 0 saturated heterocycles. The third-order valence-electron chi connectivity index (χ3n) is 5.03. The summed E-state index contributed by atoms with van der Waals surface area (Å²) >= 11 is 0. The van der Waals surface area contributed by atoms with Crippen LogP contribution in [0.1, 0.15) is 37.3 Å². The number of amides is 1. The Bertz CT molecular complexity index is 846. The Morgan fingerprint density at radius 3 is 2.60 bits per heavy atom. The molecule has 1 fully saturated rings. The van der Waals surface area contributed by atoms with Gasteiger partial charge in [0.2, 0.25) is 5.91 Å². The molecule has 0 bridgehead atoms. The molecular weight excluding hydrogens is 310 g/mol. The minimum absolute atomic E-state index is 0.194. The maximum Gasteiger partial charge on any atom is 0.230 e. The highest BCUT2D eigenvalue weighted by molar-refractivity contribution is 5.98. The Balaban J connectivity index is 1.79. The summed E-state index contributed by atoms with van der Waals surface area (Å²) in [6.07, 6.45) is 9.51. The van der Waals surface area contributed by atoms with Crippen molar-refractivity contribution in [2.24, 2.45) is 5.92 Å². The standard InChI is InChI=1S/C22H21NO2/c1-3-16-12-14-20-19(21(16)25-18-7-5-4-6-8-18)13-9-15(2)23(20)22(24)17-10-11-17/h1,4-8,12,14-15,17H,9-11,13H2,2H3/t15-/m0/s1. The molecule has 2 aromatic rings. The van der Waals surface area contributed by atoms with Crippen LogP contribution in [0.3, 0.4) is 0 Å². The van der Waals surface area contributed by atoms with Crippen molar-refractivity contribution in [3.63, 3.8) is 0 Å². The van der Waals surface area contributed by atoms with Crippen molar-refractivity contribution in [2.75, 3.05) is 4.90 Å². The Hall–Kier alpha value is -2.73. The second-order valence-corrected chi connectivity index (χ2v) is 6.87. The zero-order valence-corrected chi connectivity index (χ0v) is 14.4. The van der Waals surface area contributed by atoms with Crippen LogP contribution in [0.2, 0.25) is 0 Å². The van der Waals surface area contributed by atoms with Crippen molar-refractivity contribution in [1.82, 2.24) is 0 Å². The highest BCUT2D eigenvalue weighted by atomic mass is 16.5. The van der Waals surface area contributed by atoms with E-state index in [0.29, 0.717) is 5.75 Å². The lowest BCUT2D eigenvalue weighted by Gasteiger charge is -2.36. The van der Waals surface area contributed by atoms with Crippen LogP contribution in [-0.2, 0) is 11.2 Å². The normalized spacial score (nSPS) is 19.0. The van der Waals surface area contributed by atoms with Gasteiger partial charge < -0.3 is 9.64 Å². The Kier molecular flexibility index (Phi) is 3.97. The number of nitrogens with zero attached hydrogens (tertiary/aromatic N) is 1. The van der Waals surface area contributed by atoms with Crippen molar-refractivity contribution in [3.8, 4) is 23.8 Å². The van der Waals surface area contributed by atoms with Gasteiger partial charge in [-0.15, -0.1) is 6.42 Å². The number of hydrogen-bond acceptors (Lipinski definition) is 2. The fourth-order valence-electron chi connectivity index (χ4n) is 3.50. The van der Waals surface area contributed by atoms with E-state index in [9.17, 15) is 4.79 Å². The maximum absolute atomic E-state index is 12.8. The van der Waals surface area contributed by atoms with Gasteiger partial charge in [-0.3, -0.25) is 4.79 Å². The zero-order chi connectivity index (χ0) is 17.4. The SMILES string of the molecule is C#Cc1ccc2c(c1Oc1ccccc1)CC[C@H](C)N2C(=O)C1CC1. The first kappa shape index (κ1) is 15.8. The Labute approximate surface area is 148 Å². The predicted octanol–water partition coefficient (Wildman–Crippen LogP) is 4.54. The minimum Gasteiger partial charge on any atom is -0.456 e. The first-order valence-corrected chi connectivity index (χ1v) is 8.87. The lowest BCUT2D eigenvalue weighted by atomic mass is 9.93. The van der Waals surface area contributed by atoms with Gasteiger partial charge in [-0.25, -0.2) is 0 Å². The average molecular weight is 331 g/mol. The first-order chi connectivity index (χ1) is 12.2. The molecule has 1 heterocycles. The number of terminal acetylenes is 1. The molecule has 3 heteroatoms. The Morgan fingerprint density at radius 2 is 1.92 bits per heavy atom. The second-order valence-electron chi connectivity index (χ2n) is 6.87. The van der Waals surface area contributed by atoms with E-state index in [2.05, 4.69) is 12.8 Å². The smallest absolute Gasteiger partial charge is 0.230 e. The van der Waals surface area contributed by atoms with Gasteiger partial charge >= 0.3 is 0 Å². The summed E-state index contributed by atoms with van der Waals surface area (Å²) < 4.78 is 6.16. The molecule has 0 spiro atoms. The van der Waals surface area contributed by atoms with E-state index in [1.54, 1.807) is 0 Å². The van der Waals surface area contributed by atoms with E-state index in [-0.39, 0.29) is 17.9 Å². The number of fused-ring (bicyclic) bond motifs is 1. The van der Waals surface area contributed by atoms with E-state index in [1.807, 2.05) is 47.4 Å². The highest BCUT2D eigenvalue weighted by Gasteiger charge is 2.39. The predicted molar refractivity (Wildman–Crippen MR) is 98.9 cm³/mol. The molecule has 4 rings (SSSR count). The molecule has 0 aromatic heterocycles. The molecule has 25 heavy (non-hydrogen) atoms. The zero-order valence-electron chi connectivity index (χ0n) is 14.4. The fraction of sp³-hybridized carbons (Fsp3) is 0.318. The van der Waals surface area contributed by atoms with Crippen LogP contribution in [-0.4, -0.2) is 11.9 Å². The molecule has 1 saturated carbocycles. The van der Waals surface area contributed by atoms with Crippen LogP contribution in [0.25, 0.3) is 0 Å². The molecule has 1 aliphatic heterocycles. The van der Waals surface area contributed by atoms with Crippen LogP contribution in [0, 0.1) is 18.3 Å². The van der Waals surface area contributed by atoms with E-state index in [4.69, 9.17) is 11.2 Å². The van der Waals surface area contributed by atoms with Crippen molar-refractivity contribution >= 4 is 11.6 Å². The van der Waals surface area contributed by atoms with E-state index in [1.165, 1.54) is 0 Å². The second kappa shape index (κ2) is 6.29. The largest absolute Gasteiger partial charge is 0.456 e. The molecular formula is C22H21NO2. The van der Waals surface area contributed by atoms with Gasteiger partial charge in [0.05, 0.1) is 11.3 Å². The van der Waals surface area contributed by atoms with Gasteiger partial charge in [0.25, 0.3) is 0 Å². The monoisotopic (exact) mass is 331 g/mol. The molecule has 1 amide bonds. The lowest BCUT2D eigenvalue weighted by Crippen LogP contribution is -2.43. The van der Waals surface area contributed by atoms with Crippen LogP contribution < -0.4 is 9.64 Å². The quantitative estimate of drug-likeness (QED) is 0.773. The van der Waals surface area contributed by atoms with Crippen molar-refractivity contribution in [3.05, 3.63) is 53.6 Å². The molecule has 3 nitrogen and oxygen atoms in total. The maximum atomic E-state index is 12.8. The van der Waals surface area contributed by atoms with Gasteiger partial charge in [0, 0.05) is 17.5 Å². The topological polar surface area (TPSA) is 29.5 Å².